The lowest BCUT2D eigenvalue weighted by Crippen LogP contribution is -2.22. The maximum atomic E-state index is 13.6. The maximum Gasteiger partial charge on any atom is 0.325 e. The van der Waals surface area contributed by atoms with Gasteiger partial charge in [0.2, 0.25) is 0 Å². The lowest BCUT2D eigenvalue weighted by atomic mass is 10.2. The molecule has 0 saturated heterocycles. The van der Waals surface area contributed by atoms with E-state index in [1.807, 2.05) is 0 Å². The number of fused-ring (bicyclic) bond motifs is 1. The number of methoxy groups -OCH3 is 1. The van der Waals surface area contributed by atoms with Crippen molar-refractivity contribution < 1.29 is 23.5 Å². The predicted molar refractivity (Wildman–Crippen MR) is 109 cm³/mol. The first-order chi connectivity index (χ1) is 14.0. The van der Waals surface area contributed by atoms with Crippen LogP contribution in [0, 0.1) is 5.82 Å². The van der Waals surface area contributed by atoms with E-state index < -0.39 is 17.7 Å². The van der Waals surface area contributed by atoms with Gasteiger partial charge in [0.1, 0.15) is 18.1 Å². The molecule has 152 valence electrons. The van der Waals surface area contributed by atoms with Crippen LogP contribution in [0.4, 0.5) is 4.39 Å². The number of thiazole rings is 1. The van der Waals surface area contributed by atoms with Crippen molar-refractivity contribution in [3.8, 4) is 5.75 Å². The standard InChI is InChI=1S/C21H21FN2O4S/c1-3-4-11-28-16-8-5-14(6-9-16)20(26)23-21-24(13-19(25)27-2)17-10-7-15(22)12-18(17)29-21/h5-10,12H,3-4,11,13H2,1-2H3. The molecule has 0 radical (unpaired) electrons. The van der Waals surface area contributed by atoms with Gasteiger partial charge >= 0.3 is 5.97 Å². The van der Waals surface area contributed by atoms with E-state index in [0.29, 0.717) is 32.9 Å². The Morgan fingerprint density at radius 3 is 2.62 bits per heavy atom. The van der Waals surface area contributed by atoms with Gasteiger partial charge in [-0.2, -0.15) is 4.99 Å². The molecule has 3 rings (SSSR count). The predicted octanol–water partition coefficient (Wildman–Crippen LogP) is 3.93. The molecule has 0 N–H and O–H groups in total. The monoisotopic (exact) mass is 416 g/mol. The first kappa shape index (κ1) is 20.7. The van der Waals surface area contributed by atoms with Crippen LogP contribution in [0.25, 0.3) is 10.2 Å². The van der Waals surface area contributed by atoms with Gasteiger partial charge in [-0.3, -0.25) is 9.59 Å². The van der Waals surface area contributed by atoms with Crippen LogP contribution in [0.15, 0.2) is 47.5 Å². The van der Waals surface area contributed by atoms with E-state index in [2.05, 4.69) is 11.9 Å². The molecule has 0 aliphatic heterocycles. The number of benzene rings is 2. The summed E-state index contributed by atoms with van der Waals surface area (Å²) in [7, 11) is 1.28. The van der Waals surface area contributed by atoms with Crippen LogP contribution in [0.1, 0.15) is 30.1 Å². The molecule has 1 aromatic heterocycles. The fraction of sp³-hybridized carbons (Fsp3) is 0.286. The molecule has 0 fully saturated rings. The summed E-state index contributed by atoms with van der Waals surface area (Å²) in [5, 5.41) is 0. The number of aromatic nitrogens is 1. The second-order valence-corrected chi connectivity index (χ2v) is 7.31. The van der Waals surface area contributed by atoms with Gasteiger partial charge in [-0.15, -0.1) is 0 Å². The molecule has 8 heteroatoms. The zero-order valence-electron chi connectivity index (χ0n) is 16.2. The topological polar surface area (TPSA) is 69.9 Å². The fourth-order valence-corrected chi connectivity index (χ4v) is 3.71. The highest BCUT2D eigenvalue weighted by atomic mass is 32.1. The lowest BCUT2D eigenvalue weighted by Gasteiger charge is -2.05. The largest absolute Gasteiger partial charge is 0.494 e. The number of rotatable bonds is 7. The molecule has 0 aliphatic carbocycles. The molecule has 1 heterocycles. The van der Waals surface area contributed by atoms with E-state index in [1.165, 1.54) is 19.2 Å². The van der Waals surface area contributed by atoms with Gasteiger partial charge in [0.25, 0.3) is 5.91 Å². The van der Waals surface area contributed by atoms with Crippen LogP contribution in [-0.4, -0.2) is 30.2 Å². The Morgan fingerprint density at radius 2 is 1.93 bits per heavy atom. The highest BCUT2D eigenvalue weighted by molar-refractivity contribution is 7.16. The minimum atomic E-state index is -0.489. The number of hydrogen-bond donors (Lipinski definition) is 0. The molecule has 0 bridgehead atoms. The first-order valence-electron chi connectivity index (χ1n) is 9.19. The van der Waals surface area contributed by atoms with Gasteiger partial charge in [-0.05, 0) is 48.9 Å². The minimum absolute atomic E-state index is 0.127. The summed E-state index contributed by atoms with van der Waals surface area (Å²) in [6.45, 7) is 2.58. The number of halogens is 1. The van der Waals surface area contributed by atoms with E-state index >= 15 is 0 Å². The lowest BCUT2D eigenvalue weighted by molar-refractivity contribution is -0.141. The molecule has 0 atom stereocenters. The average Bonchev–Trinajstić information content (AvgIpc) is 3.04. The Bertz CT molecular complexity index is 1090. The van der Waals surface area contributed by atoms with Crippen molar-refractivity contribution in [3.05, 3.63) is 58.6 Å². The highest BCUT2D eigenvalue weighted by Crippen LogP contribution is 2.19. The summed E-state index contributed by atoms with van der Waals surface area (Å²) >= 11 is 1.13. The van der Waals surface area contributed by atoms with Crippen molar-refractivity contribution in [2.24, 2.45) is 4.99 Å². The van der Waals surface area contributed by atoms with Crippen molar-refractivity contribution in [2.75, 3.05) is 13.7 Å². The Hall–Kier alpha value is -3.00. The van der Waals surface area contributed by atoms with Gasteiger partial charge in [-0.25, -0.2) is 4.39 Å². The zero-order chi connectivity index (χ0) is 20.8. The van der Waals surface area contributed by atoms with Crippen LogP contribution in [-0.2, 0) is 16.1 Å². The molecule has 29 heavy (non-hydrogen) atoms. The SMILES string of the molecule is CCCCOc1ccc(C(=O)N=c2sc3cc(F)ccc3n2CC(=O)OC)cc1. The van der Waals surface area contributed by atoms with Gasteiger partial charge in [0.15, 0.2) is 4.80 Å². The molecule has 0 spiro atoms. The Labute approximate surface area is 171 Å². The van der Waals surface area contributed by atoms with Gasteiger partial charge < -0.3 is 14.0 Å². The number of esters is 1. The number of nitrogens with zero attached hydrogens (tertiary/aromatic N) is 2. The Kier molecular flexibility index (Phi) is 6.77. The summed E-state index contributed by atoms with van der Waals surface area (Å²) in [5.74, 6) is -0.666. The molecule has 0 aliphatic rings. The van der Waals surface area contributed by atoms with Crippen LogP contribution < -0.4 is 9.54 Å². The van der Waals surface area contributed by atoms with Crippen LogP contribution in [0.5, 0.6) is 5.75 Å². The zero-order valence-corrected chi connectivity index (χ0v) is 17.0. The van der Waals surface area contributed by atoms with Gasteiger partial charge in [-0.1, -0.05) is 24.7 Å². The summed E-state index contributed by atoms with van der Waals surface area (Å²) in [4.78, 5) is 28.9. The Morgan fingerprint density at radius 1 is 1.17 bits per heavy atom. The highest BCUT2D eigenvalue weighted by Gasteiger charge is 2.13. The van der Waals surface area contributed by atoms with E-state index in [1.54, 1.807) is 34.9 Å². The molecular weight excluding hydrogens is 395 g/mol. The number of carbonyl (C=O) groups excluding carboxylic acids is 2. The molecule has 0 saturated carbocycles. The third-order valence-corrected chi connectivity index (χ3v) is 5.27. The van der Waals surface area contributed by atoms with E-state index in [9.17, 15) is 14.0 Å². The number of ether oxygens (including phenoxy) is 2. The second-order valence-electron chi connectivity index (χ2n) is 6.30. The van der Waals surface area contributed by atoms with E-state index in [0.717, 1.165) is 24.2 Å². The molecule has 3 aromatic rings. The van der Waals surface area contributed by atoms with E-state index in [4.69, 9.17) is 9.47 Å². The van der Waals surface area contributed by atoms with E-state index in [-0.39, 0.29) is 6.54 Å². The Balaban J connectivity index is 1.93. The van der Waals surface area contributed by atoms with Crippen LogP contribution >= 0.6 is 11.3 Å². The molecule has 0 unspecified atom stereocenters. The van der Waals surface area contributed by atoms with Gasteiger partial charge in [0.05, 0.1) is 23.9 Å². The fourth-order valence-electron chi connectivity index (χ4n) is 2.66. The summed E-state index contributed by atoms with van der Waals surface area (Å²) in [6, 6.07) is 10.9. The smallest absolute Gasteiger partial charge is 0.325 e. The van der Waals surface area contributed by atoms with Crippen LogP contribution in [0.3, 0.4) is 0 Å². The second kappa shape index (κ2) is 9.47. The molecule has 6 nitrogen and oxygen atoms in total. The number of amides is 1. The maximum absolute atomic E-state index is 13.6. The molecule has 2 aromatic carbocycles. The van der Waals surface area contributed by atoms with Crippen molar-refractivity contribution in [1.29, 1.82) is 0 Å². The number of hydrogen-bond acceptors (Lipinski definition) is 5. The van der Waals surface area contributed by atoms with Crippen molar-refractivity contribution in [1.82, 2.24) is 4.57 Å². The average molecular weight is 416 g/mol. The van der Waals surface area contributed by atoms with Gasteiger partial charge in [0, 0.05) is 5.56 Å². The van der Waals surface area contributed by atoms with Crippen molar-refractivity contribution in [2.45, 2.75) is 26.3 Å². The van der Waals surface area contributed by atoms with Crippen LogP contribution in [0.2, 0.25) is 0 Å². The normalized spacial score (nSPS) is 11.6. The third kappa shape index (κ3) is 5.08. The molecule has 1 amide bonds. The van der Waals surface area contributed by atoms with Crippen molar-refractivity contribution in [3.63, 3.8) is 0 Å². The summed E-state index contributed by atoms with van der Waals surface area (Å²) in [5.41, 5.74) is 0.995. The summed E-state index contributed by atoms with van der Waals surface area (Å²) < 4.78 is 26.0. The number of unbranched alkanes of at least 4 members (excludes halogenated alkanes) is 1. The minimum Gasteiger partial charge on any atom is -0.494 e. The quantitative estimate of drug-likeness (QED) is 0.432. The van der Waals surface area contributed by atoms with Crippen molar-refractivity contribution >= 4 is 33.4 Å². The first-order valence-corrected chi connectivity index (χ1v) is 10.0. The summed E-state index contributed by atoms with van der Waals surface area (Å²) in [6.07, 6.45) is 2.00. The number of carbonyl (C=O) groups is 2. The molecular formula is C21H21FN2O4S. The third-order valence-electron chi connectivity index (χ3n) is 4.22.